The van der Waals surface area contributed by atoms with E-state index in [2.05, 4.69) is 15.0 Å². The molecule has 0 bridgehead atoms. The molecule has 1 aliphatic heterocycles. The van der Waals surface area contributed by atoms with Gasteiger partial charge in [0, 0.05) is 6.54 Å². The predicted octanol–water partition coefficient (Wildman–Crippen LogP) is 3.57. The van der Waals surface area contributed by atoms with Crippen LogP contribution < -0.4 is 0 Å². The summed E-state index contributed by atoms with van der Waals surface area (Å²) in [5, 5.41) is 0.458. The van der Waals surface area contributed by atoms with Gasteiger partial charge in [0.25, 0.3) is 12.3 Å². The highest BCUT2D eigenvalue weighted by Gasteiger charge is 2.31. The Morgan fingerprint density at radius 2 is 2.24 bits per heavy atom. The molecule has 9 heteroatoms. The molecular formula is C16H14ClF2N5O. The van der Waals surface area contributed by atoms with E-state index in [1.54, 1.807) is 30.0 Å². The molecule has 1 aromatic carbocycles. The van der Waals surface area contributed by atoms with Gasteiger partial charge in [-0.25, -0.2) is 18.7 Å². The van der Waals surface area contributed by atoms with Crippen molar-refractivity contribution in [2.24, 2.45) is 0 Å². The predicted molar refractivity (Wildman–Crippen MR) is 87.7 cm³/mol. The van der Waals surface area contributed by atoms with Crippen molar-refractivity contribution in [3.63, 3.8) is 0 Å². The zero-order valence-electron chi connectivity index (χ0n) is 13.2. The first-order valence-electron chi connectivity index (χ1n) is 7.73. The summed E-state index contributed by atoms with van der Waals surface area (Å²) in [6.07, 6.45) is -1.25. The SMILES string of the molecule is C[C@H]1CN(C(=O)c2nc3c(Cl)cccc3[nH]2)Cc2cnc(C(F)F)n21. The number of nitrogens with one attached hydrogen (secondary N) is 1. The molecule has 3 aromatic rings. The highest BCUT2D eigenvalue weighted by Crippen LogP contribution is 2.29. The van der Waals surface area contributed by atoms with Crippen LogP contribution in [0.5, 0.6) is 0 Å². The normalized spacial score (nSPS) is 17.3. The van der Waals surface area contributed by atoms with Gasteiger partial charge in [0.05, 0.1) is 35.0 Å². The Morgan fingerprint density at radius 3 is 2.96 bits per heavy atom. The van der Waals surface area contributed by atoms with Gasteiger partial charge in [-0.05, 0) is 19.1 Å². The molecule has 0 fully saturated rings. The largest absolute Gasteiger partial charge is 0.334 e. The minimum absolute atomic E-state index is 0.178. The molecule has 0 aliphatic carbocycles. The van der Waals surface area contributed by atoms with E-state index in [0.717, 1.165) is 0 Å². The van der Waals surface area contributed by atoms with Crippen LogP contribution in [-0.2, 0) is 6.54 Å². The molecule has 0 saturated carbocycles. The molecule has 1 aliphatic rings. The number of H-pyrrole nitrogens is 1. The fraction of sp³-hybridized carbons (Fsp3) is 0.312. The van der Waals surface area contributed by atoms with Crippen molar-refractivity contribution in [2.45, 2.75) is 25.9 Å². The van der Waals surface area contributed by atoms with Gasteiger partial charge < -0.3 is 14.5 Å². The second kappa shape index (κ2) is 5.80. The average molecular weight is 366 g/mol. The molecule has 0 unspecified atom stereocenters. The number of carbonyl (C=O) groups is 1. The van der Waals surface area contributed by atoms with Crippen LogP contribution in [-0.4, -0.2) is 36.9 Å². The van der Waals surface area contributed by atoms with Crippen LogP contribution in [0.15, 0.2) is 24.4 Å². The van der Waals surface area contributed by atoms with Gasteiger partial charge >= 0.3 is 0 Å². The second-order valence-electron chi connectivity index (χ2n) is 6.03. The number of carbonyl (C=O) groups excluding carboxylic acids is 1. The Kier molecular flexibility index (Phi) is 3.72. The lowest BCUT2D eigenvalue weighted by molar-refractivity contribution is 0.0660. The summed E-state index contributed by atoms with van der Waals surface area (Å²) >= 11 is 6.09. The topological polar surface area (TPSA) is 66.8 Å². The van der Waals surface area contributed by atoms with Gasteiger partial charge in [-0.3, -0.25) is 4.79 Å². The van der Waals surface area contributed by atoms with E-state index in [-0.39, 0.29) is 30.1 Å². The van der Waals surface area contributed by atoms with E-state index in [1.807, 2.05) is 0 Å². The summed E-state index contributed by atoms with van der Waals surface area (Å²) in [7, 11) is 0. The minimum atomic E-state index is -2.64. The third-order valence-electron chi connectivity index (χ3n) is 4.33. The third-order valence-corrected chi connectivity index (χ3v) is 4.63. The Bertz CT molecular complexity index is 967. The standard InChI is InChI=1S/C16H14ClF2N5O/c1-8-6-23(7-9-5-20-15(13(18)19)24(8)9)16(25)14-21-11-4-2-3-10(17)12(11)22-14/h2-5,8,13H,6-7H2,1H3,(H,21,22)/t8-/m0/s1. The molecule has 0 spiro atoms. The summed E-state index contributed by atoms with van der Waals surface area (Å²) in [4.78, 5) is 25.4. The summed E-state index contributed by atoms with van der Waals surface area (Å²) < 4.78 is 27.6. The summed E-state index contributed by atoms with van der Waals surface area (Å²) in [5.74, 6) is -0.382. The first-order chi connectivity index (χ1) is 12.0. The molecule has 1 N–H and O–H groups in total. The van der Waals surface area contributed by atoms with Crippen molar-refractivity contribution < 1.29 is 13.6 Å². The quantitative estimate of drug-likeness (QED) is 0.755. The zero-order chi connectivity index (χ0) is 17.7. The van der Waals surface area contributed by atoms with Crippen LogP contribution in [0.2, 0.25) is 5.02 Å². The maximum atomic E-state index is 13.0. The van der Waals surface area contributed by atoms with E-state index in [9.17, 15) is 13.6 Å². The van der Waals surface area contributed by atoms with Crippen molar-refractivity contribution in [3.8, 4) is 0 Å². The fourth-order valence-electron chi connectivity index (χ4n) is 3.26. The van der Waals surface area contributed by atoms with Crippen molar-refractivity contribution in [1.29, 1.82) is 0 Å². The van der Waals surface area contributed by atoms with Crippen LogP contribution >= 0.6 is 11.6 Å². The van der Waals surface area contributed by atoms with Gasteiger partial charge in [0.2, 0.25) is 0 Å². The molecule has 1 amide bonds. The summed E-state index contributed by atoms with van der Waals surface area (Å²) in [6.45, 7) is 2.28. The highest BCUT2D eigenvalue weighted by atomic mass is 35.5. The average Bonchev–Trinajstić information content (AvgIpc) is 3.19. The number of fused-ring (bicyclic) bond motifs is 2. The number of para-hydroxylation sites is 1. The molecule has 6 nitrogen and oxygen atoms in total. The Morgan fingerprint density at radius 1 is 1.44 bits per heavy atom. The van der Waals surface area contributed by atoms with Crippen molar-refractivity contribution in [2.75, 3.05) is 6.54 Å². The lowest BCUT2D eigenvalue weighted by atomic mass is 10.2. The molecule has 0 radical (unpaired) electrons. The molecule has 0 saturated heterocycles. The van der Waals surface area contributed by atoms with E-state index in [4.69, 9.17) is 11.6 Å². The Labute approximate surface area is 146 Å². The number of aromatic amines is 1. The number of hydrogen-bond donors (Lipinski definition) is 1. The number of imidazole rings is 2. The Balaban J connectivity index is 1.65. The molecule has 3 heterocycles. The number of nitrogens with zero attached hydrogens (tertiary/aromatic N) is 4. The molecule has 4 rings (SSSR count). The Hall–Kier alpha value is -2.48. The number of aromatic nitrogens is 4. The highest BCUT2D eigenvalue weighted by molar-refractivity contribution is 6.35. The smallest absolute Gasteiger partial charge is 0.295 e. The van der Waals surface area contributed by atoms with E-state index >= 15 is 0 Å². The molecule has 1 atom stereocenters. The van der Waals surface area contributed by atoms with E-state index < -0.39 is 6.43 Å². The maximum Gasteiger partial charge on any atom is 0.295 e. The molecular weight excluding hydrogens is 352 g/mol. The number of rotatable bonds is 2. The zero-order valence-corrected chi connectivity index (χ0v) is 14.0. The summed E-state index contributed by atoms with van der Waals surface area (Å²) in [5.41, 5.74) is 1.78. The van der Waals surface area contributed by atoms with Crippen LogP contribution in [0.1, 0.15) is 41.5 Å². The van der Waals surface area contributed by atoms with Crippen LogP contribution in [0.25, 0.3) is 11.0 Å². The second-order valence-corrected chi connectivity index (χ2v) is 6.44. The lowest BCUT2D eigenvalue weighted by Crippen LogP contribution is -2.40. The van der Waals surface area contributed by atoms with Gasteiger partial charge in [-0.2, -0.15) is 0 Å². The maximum absolute atomic E-state index is 13.0. The van der Waals surface area contributed by atoms with Crippen molar-refractivity contribution >= 4 is 28.5 Å². The van der Waals surface area contributed by atoms with E-state index in [0.29, 0.717) is 28.3 Å². The van der Waals surface area contributed by atoms with Crippen molar-refractivity contribution in [1.82, 2.24) is 24.4 Å². The molecule has 2 aromatic heterocycles. The number of halogens is 3. The summed E-state index contributed by atoms with van der Waals surface area (Å²) in [6, 6.07) is 4.96. The van der Waals surface area contributed by atoms with Crippen LogP contribution in [0.3, 0.4) is 0 Å². The monoisotopic (exact) mass is 365 g/mol. The van der Waals surface area contributed by atoms with Gasteiger partial charge in [-0.15, -0.1) is 0 Å². The van der Waals surface area contributed by atoms with Crippen molar-refractivity contribution in [3.05, 3.63) is 46.8 Å². The number of amides is 1. The number of alkyl halides is 2. The van der Waals surface area contributed by atoms with Gasteiger partial charge in [0.1, 0.15) is 5.52 Å². The lowest BCUT2D eigenvalue weighted by Gasteiger charge is -2.33. The first kappa shape index (κ1) is 16.0. The third kappa shape index (κ3) is 2.57. The fourth-order valence-corrected chi connectivity index (χ4v) is 3.48. The van der Waals surface area contributed by atoms with Crippen LogP contribution in [0.4, 0.5) is 8.78 Å². The first-order valence-corrected chi connectivity index (χ1v) is 8.11. The van der Waals surface area contributed by atoms with Crippen LogP contribution in [0, 0.1) is 0 Å². The molecule has 25 heavy (non-hydrogen) atoms. The van der Waals surface area contributed by atoms with Gasteiger partial charge in [-0.1, -0.05) is 17.7 Å². The minimum Gasteiger partial charge on any atom is -0.334 e. The van der Waals surface area contributed by atoms with Gasteiger partial charge in [0.15, 0.2) is 11.6 Å². The molecule has 130 valence electrons. The number of hydrogen-bond acceptors (Lipinski definition) is 3. The number of benzene rings is 1. The van der Waals surface area contributed by atoms with E-state index in [1.165, 1.54) is 10.8 Å².